The lowest BCUT2D eigenvalue weighted by molar-refractivity contribution is -0.141. The molecule has 0 aliphatic rings. The summed E-state index contributed by atoms with van der Waals surface area (Å²) >= 11 is 0. The molecule has 0 saturated carbocycles. The van der Waals surface area contributed by atoms with Crippen molar-refractivity contribution in [1.29, 1.82) is 0 Å². The molecule has 0 radical (unpaired) electrons. The third-order valence-corrected chi connectivity index (χ3v) is 2.42. The summed E-state index contributed by atoms with van der Waals surface area (Å²) in [7, 11) is 0. The molecule has 4 nitrogen and oxygen atoms in total. The second-order valence-electron chi connectivity index (χ2n) is 3.95. The summed E-state index contributed by atoms with van der Waals surface area (Å²) in [5, 5.41) is 18.0. The first-order valence-corrected chi connectivity index (χ1v) is 5.11. The summed E-state index contributed by atoms with van der Waals surface area (Å²) in [4.78, 5) is 10.5. The molecule has 0 aliphatic heterocycles. The maximum absolute atomic E-state index is 10.5. The molecule has 4 heteroatoms. The highest BCUT2D eigenvalue weighted by molar-refractivity contribution is 5.69. The lowest BCUT2D eigenvalue weighted by Gasteiger charge is -2.14. The fourth-order valence-electron chi connectivity index (χ4n) is 1.19. The molecule has 0 spiro atoms. The van der Waals surface area contributed by atoms with Gasteiger partial charge in [0.25, 0.3) is 0 Å². The summed E-state index contributed by atoms with van der Waals surface area (Å²) in [5.41, 5.74) is 5.48. The van der Waals surface area contributed by atoms with Gasteiger partial charge in [-0.3, -0.25) is 4.79 Å². The SMILES string of the molecule is CC(CCCCC(O)[C@H](C)N)C(=O)O. The maximum atomic E-state index is 10.5. The number of aliphatic hydroxyl groups is 1. The van der Waals surface area contributed by atoms with Crippen LogP contribution in [-0.4, -0.2) is 28.3 Å². The van der Waals surface area contributed by atoms with E-state index in [4.69, 9.17) is 10.8 Å². The van der Waals surface area contributed by atoms with E-state index in [9.17, 15) is 9.90 Å². The first-order chi connectivity index (χ1) is 6.45. The van der Waals surface area contributed by atoms with Crippen molar-refractivity contribution < 1.29 is 15.0 Å². The number of carboxylic acids is 1. The molecule has 0 saturated heterocycles. The Morgan fingerprint density at radius 1 is 1.29 bits per heavy atom. The molecule has 0 heterocycles. The highest BCUT2D eigenvalue weighted by Crippen LogP contribution is 2.11. The van der Waals surface area contributed by atoms with Crippen molar-refractivity contribution in [3.8, 4) is 0 Å². The summed E-state index contributed by atoms with van der Waals surface area (Å²) in [6.07, 6.45) is 2.53. The van der Waals surface area contributed by atoms with E-state index in [2.05, 4.69) is 0 Å². The number of unbranched alkanes of at least 4 members (excludes halogenated alkanes) is 1. The van der Waals surface area contributed by atoms with Crippen LogP contribution in [0.25, 0.3) is 0 Å². The van der Waals surface area contributed by atoms with Gasteiger partial charge in [0.1, 0.15) is 0 Å². The maximum Gasteiger partial charge on any atom is 0.306 e. The Morgan fingerprint density at radius 3 is 2.21 bits per heavy atom. The van der Waals surface area contributed by atoms with E-state index in [0.717, 1.165) is 12.8 Å². The minimum absolute atomic E-state index is 0.202. The Labute approximate surface area is 85.1 Å². The molecule has 14 heavy (non-hydrogen) atoms. The number of aliphatic hydroxyl groups excluding tert-OH is 1. The van der Waals surface area contributed by atoms with Crippen LogP contribution in [0, 0.1) is 5.92 Å². The predicted octanol–water partition coefficient (Wildman–Crippen LogP) is 0.976. The lowest BCUT2D eigenvalue weighted by atomic mass is 10.0. The van der Waals surface area contributed by atoms with Crippen LogP contribution in [0.5, 0.6) is 0 Å². The molecule has 4 N–H and O–H groups in total. The van der Waals surface area contributed by atoms with Gasteiger partial charge in [-0.1, -0.05) is 19.8 Å². The summed E-state index contributed by atoms with van der Waals surface area (Å²) < 4.78 is 0. The number of hydrogen-bond donors (Lipinski definition) is 3. The van der Waals surface area contributed by atoms with Gasteiger partial charge in [0.05, 0.1) is 12.0 Å². The standard InChI is InChI=1S/C10H21NO3/c1-7(10(13)14)5-3-4-6-9(12)8(2)11/h7-9,12H,3-6,11H2,1-2H3,(H,13,14)/t7?,8-,9?/m0/s1. The minimum Gasteiger partial charge on any atom is -0.481 e. The van der Waals surface area contributed by atoms with E-state index in [1.165, 1.54) is 0 Å². The third-order valence-electron chi connectivity index (χ3n) is 2.42. The van der Waals surface area contributed by atoms with E-state index in [1.54, 1.807) is 13.8 Å². The van der Waals surface area contributed by atoms with Gasteiger partial charge < -0.3 is 15.9 Å². The molecule has 0 fully saturated rings. The van der Waals surface area contributed by atoms with Crippen molar-refractivity contribution in [2.24, 2.45) is 11.7 Å². The third kappa shape index (κ3) is 5.94. The van der Waals surface area contributed by atoms with Crippen LogP contribution in [0.1, 0.15) is 39.5 Å². The van der Waals surface area contributed by atoms with Crippen LogP contribution in [0.4, 0.5) is 0 Å². The van der Waals surface area contributed by atoms with Crippen molar-refractivity contribution in [1.82, 2.24) is 0 Å². The number of aliphatic carboxylic acids is 1. The molecule has 2 unspecified atom stereocenters. The summed E-state index contributed by atoms with van der Waals surface area (Å²) in [6, 6.07) is -0.202. The average Bonchev–Trinajstić information content (AvgIpc) is 2.11. The Bertz CT molecular complexity index is 171. The van der Waals surface area contributed by atoms with Gasteiger partial charge in [0.15, 0.2) is 0 Å². The van der Waals surface area contributed by atoms with E-state index in [1.807, 2.05) is 0 Å². The van der Waals surface area contributed by atoms with Crippen molar-refractivity contribution >= 4 is 5.97 Å². The van der Waals surface area contributed by atoms with Gasteiger partial charge in [-0.05, 0) is 19.8 Å². The minimum atomic E-state index is -0.752. The van der Waals surface area contributed by atoms with Crippen LogP contribution in [0.2, 0.25) is 0 Å². The quantitative estimate of drug-likeness (QED) is 0.538. The summed E-state index contributed by atoms with van der Waals surface area (Å²) in [6.45, 7) is 3.47. The number of rotatable bonds is 7. The molecule has 0 bridgehead atoms. The van der Waals surface area contributed by atoms with Gasteiger partial charge in [-0.25, -0.2) is 0 Å². The van der Waals surface area contributed by atoms with Crippen LogP contribution < -0.4 is 5.73 Å². The average molecular weight is 203 g/mol. The van der Waals surface area contributed by atoms with E-state index < -0.39 is 12.1 Å². The molecule has 0 aromatic rings. The van der Waals surface area contributed by atoms with Crippen molar-refractivity contribution in [3.05, 3.63) is 0 Å². The molecule has 0 aromatic carbocycles. The normalized spacial score (nSPS) is 17.4. The second-order valence-corrected chi connectivity index (χ2v) is 3.95. The van der Waals surface area contributed by atoms with Gasteiger partial charge in [-0.15, -0.1) is 0 Å². The van der Waals surface area contributed by atoms with Crippen molar-refractivity contribution in [2.75, 3.05) is 0 Å². The molecule has 0 amide bonds. The largest absolute Gasteiger partial charge is 0.481 e. The number of carboxylic acid groups (broad SMARTS) is 1. The lowest BCUT2D eigenvalue weighted by Crippen LogP contribution is -2.31. The number of hydrogen-bond acceptors (Lipinski definition) is 3. The number of nitrogens with two attached hydrogens (primary N) is 1. The first-order valence-electron chi connectivity index (χ1n) is 5.11. The topological polar surface area (TPSA) is 83.5 Å². The molecule has 0 rings (SSSR count). The monoisotopic (exact) mass is 203 g/mol. The zero-order valence-corrected chi connectivity index (χ0v) is 8.94. The highest BCUT2D eigenvalue weighted by Gasteiger charge is 2.12. The van der Waals surface area contributed by atoms with E-state index in [-0.39, 0.29) is 12.0 Å². The van der Waals surface area contributed by atoms with Crippen LogP contribution >= 0.6 is 0 Å². The first kappa shape index (κ1) is 13.4. The van der Waals surface area contributed by atoms with E-state index in [0.29, 0.717) is 12.8 Å². The Balaban J connectivity index is 3.42. The van der Waals surface area contributed by atoms with Gasteiger partial charge in [-0.2, -0.15) is 0 Å². The summed E-state index contributed by atoms with van der Waals surface area (Å²) in [5.74, 6) is -1.04. The van der Waals surface area contributed by atoms with Gasteiger partial charge >= 0.3 is 5.97 Å². The van der Waals surface area contributed by atoms with Crippen LogP contribution in [-0.2, 0) is 4.79 Å². The number of carbonyl (C=O) groups is 1. The highest BCUT2D eigenvalue weighted by atomic mass is 16.4. The molecular weight excluding hydrogens is 182 g/mol. The van der Waals surface area contributed by atoms with Gasteiger partial charge in [0, 0.05) is 6.04 Å². The smallest absolute Gasteiger partial charge is 0.306 e. The molecule has 84 valence electrons. The fraction of sp³-hybridized carbons (Fsp3) is 0.900. The van der Waals surface area contributed by atoms with Crippen molar-refractivity contribution in [2.45, 2.75) is 51.7 Å². The van der Waals surface area contributed by atoms with Gasteiger partial charge in [0.2, 0.25) is 0 Å². The molecule has 0 aliphatic carbocycles. The Kier molecular flexibility index (Phi) is 6.49. The second kappa shape index (κ2) is 6.79. The Morgan fingerprint density at radius 2 is 1.79 bits per heavy atom. The van der Waals surface area contributed by atoms with E-state index >= 15 is 0 Å². The molecular formula is C10H21NO3. The predicted molar refractivity (Wildman–Crippen MR) is 54.9 cm³/mol. The fourth-order valence-corrected chi connectivity index (χ4v) is 1.19. The van der Waals surface area contributed by atoms with Crippen LogP contribution in [0.15, 0.2) is 0 Å². The van der Waals surface area contributed by atoms with Crippen molar-refractivity contribution in [3.63, 3.8) is 0 Å². The zero-order chi connectivity index (χ0) is 11.1. The molecule has 3 atom stereocenters. The van der Waals surface area contributed by atoms with Crippen LogP contribution in [0.3, 0.4) is 0 Å². The molecule has 0 aromatic heterocycles. The Hall–Kier alpha value is -0.610. The zero-order valence-electron chi connectivity index (χ0n) is 8.94.